The summed E-state index contributed by atoms with van der Waals surface area (Å²) in [5, 5.41) is 0.0236. The van der Waals surface area contributed by atoms with Crippen LogP contribution < -0.4 is 10.5 Å². The molecular weight excluding hydrogens is 262 g/mol. The second kappa shape index (κ2) is 5.61. The number of ether oxygens (including phenoxy) is 1. The van der Waals surface area contributed by atoms with Gasteiger partial charge >= 0.3 is 0 Å². The highest BCUT2D eigenvalue weighted by molar-refractivity contribution is 7.84. The standard InChI is InChI=1S/C13H19N3O2S/c1-4-18-11-7-5-6-10-12(11)15-13(14)16(10)8-9(2)19(3)17/h5-7,9H,4,8H2,1-3H3,(H2,14,15). The molecule has 2 unspecified atom stereocenters. The molecule has 0 saturated carbocycles. The molecule has 2 N–H and O–H groups in total. The van der Waals surface area contributed by atoms with E-state index in [9.17, 15) is 4.21 Å². The Morgan fingerprint density at radius 3 is 2.89 bits per heavy atom. The summed E-state index contributed by atoms with van der Waals surface area (Å²) in [7, 11) is -0.890. The first-order chi connectivity index (χ1) is 9.04. The number of aromatic nitrogens is 2. The van der Waals surface area contributed by atoms with Gasteiger partial charge in [-0.1, -0.05) is 6.07 Å². The molecule has 6 heteroatoms. The number of hydrogen-bond acceptors (Lipinski definition) is 4. The van der Waals surface area contributed by atoms with Crippen molar-refractivity contribution in [3.05, 3.63) is 18.2 Å². The lowest BCUT2D eigenvalue weighted by atomic mass is 10.3. The fourth-order valence-electron chi connectivity index (χ4n) is 1.97. The van der Waals surface area contributed by atoms with Gasteiger partial charge in [0.1, 0.15) is 11.3 Å². The molecule has 0 amide bonds. The van der Waals surface area contributed by atoms with Crippen molar-refractivity contribution in [1.82, 2.24) is 9.55 Å². The summed E-state index contributed by atoms with van der Waals surface area (Å²) in [5.41, 5.74) is 7.64. The summed E-state index contributed by atoms with van der Waals surface area (Å²) < 4.78 is 18.9. The molecule has 1 heterocycles. The van der Waals surface area contributed by atoms with Crippen LogP contribution in [0.3, 0.4) is 0 Å². The third-order valence-electron chi connectivity index (χ3n) is 3.08. The first-order valence-electron chi connectivity index (χ1n) is 6.24. The Morgan fingerprint density at radius 2 is 2.26 bits per heavy atom. The SMILES string of the molecule is CCOc1cccc2c1nc(N)n2CC(C)S(C)=O. The lowest BCUT2D eigenvalue weighted by Crippen LogP contribution is -2.18. The summed E-state index contributed by atoms with van der Waals surface area (Å²) in [4.78, 5) is 4.36. The van der Waals surface area contributed by atoms with Crippen LogP contribution >= 0.6 is 0 Å². The van der Waals surface area contributed by atoms with Crippen molar-refractivity contribution in [2.75, 3.05) is 18.6 Å². The number of nitrogens with zero attached hydrogens (tertiary/aromatic N) is 2. The smallest absolute Gasteiger partial charge is 0.201 e. The van der Waals surface area contributed by atoms with E-state index in [-0.39, 0.29) is 5.25 Å². The van der Waals surface area contributed by atoms with E-state index in [1.54, 1.807) is 6.26 Å². The summed E-state index contributed by atoms with van der Waals surface area (Å²) in [6.45, 7) is 5.04. The number of imidazole rings is 1. The van der Waals surface area contributed by atoms with Crippen molar-refractivity contribution in [3.8, 4) is 5.75 Å². The van der Waals surface area contributed by atoms with Crippen LogP contribution in [0, 0.1) is 0 Å². The molecule has 0 fully saturated rings. The monoisotopic (exact) mass is 281 g/mol. The van der Waals surface area contributed by atoms with Crippen LogP contribution in [0.2, 0.25) is 0 Å². The molecule has 104 valence electrons. The van der Waals surface area contributed by atoms with Crippen molar-refractivity contribution < 1.29 is 8.95 Å². The lowest BCUT2D eigenvalue weighted by Gasteiger charge is -2.11. The molecule has 2 aromatic rings. The van der Waals surface area contributed by atoms with Crippen molar-refractivity contribution in [2.45, 2.75) is 25.6 Å². The highest BCUT2D eigenvalue weighted by atomic mass is 32.2. The molecule has 1 aromatic heterocycles. The Bertz CT molecular complexity index is 609. The molecule has 0 aliphatic heterocycles. The fourth-order valence-corrected chi connectivity index (χ4v) is 2.32. The summed E-state index contributed by atoms with van der Waals surface area (Å²) in [6.07, 6.45) is 1.70. The minimum Gasteiger partial charge on any atom is -0.492 e. The molecule has 1 aromatic carbocycles. The van der Waals surface area contributed by atoms with E-state index in [1.807, 2.05) is 36.6 Å². The van der Waals surface area contributed by atoms with Gasteiger partial charge < -0.3 is 15.0 Å². The minimum atomic E-state index is -0.890. The quantitative estimate of drug-likeness (QED) is 0.907. The number of nitrogen functional groups attached to an aromatic ring is 1. The third kappa shape index (κ3) is 2.73. The van der Waals surface area contributed by atoms with Gasteiger partial charge in [0, 0.05) is 28.9 Å². The number of fused-ring (bicyclic) bond motifs is 1. The zero-order valence-corrected chi connectivity index (χ0v) is 12.2. The maximum absolute atomic E-state index is 11.5. The average Bonchev–Trinajstić information content (AvgIpc) is 2.68. The number of hydrogen-bond donors (Lipinski definition) is 1. The van der Waals surface area contributed by atoms with E-state index in [4.69, 9.17) is 10.5 Å². The van der Waals surface area contributed by atoms with E-state index >= 15 is 0 Å². The van der Waals surface area contributed by atoms with Crippen LogP contribution in [0.1, 0.15) is 13.8 Å². The van der Waals surface area contributed by atoms with E-state index < -0.39 is 10.8 Å². The normalized spacial score (nSPS) is 14.5. The average molecular weight is 281 g/mol. The molecule has 0 aliphatic rings. The van der Waals surface area contributed by atoms with Gasteiger partial charge in [-0.3, -0.25) is 4.21 Å². The summed E-state index contributed by atoms with van der Waals surface area (Å²) in [6, 6.07) is 5.75. The number of para-hydroxylation sites is 1. The van der Waals surface area contributed by atoms with Crippen LogP contribution in [0.4, 0.5) is 5.95 Å². The Labute approximate surface area is 115 Å². The number of anilines is 1. The number of benzene rings is 1. The van der Waals surface area contributed by atoms with Crippen LogP contribution in [0.5, 0.6) is 5.75 Å². The zero-order chi connectivity index (χ0) is 14.0. The predicted octanol–water partition coefficient (Wildman–Crippen LogP) is 1.78. The van der Waals surface area contributed by atoms with Crippen LogP contribution in [-0.2, 0) is 17.3 Å². The number of nitrogens with two attached hydrogens (primary N) is 1. The van der Waals surface area contributed by atoms with Gasteiger partial charge in [0.05, 0.1) is 12.1 Å². The first-order valence-corrected chi connectivity index (χ1v) is 7.86. The summed E-state index contributed by atoms with van der Waals surface area (Å²) >= 11 is 0. The molecule has 0 aliphatic carbocycles. The predicted molar refractivity (Wildman–Crippen MR) is 78.8 cm³/mol. The third-order valence-corrected chi connectivity index (χ3v) is 4.36. The van der Waals surface area contributed by atoms with Gasteiger partial charge in [0.2, 0.25) is 5.95 Å². The molecule has 0 radical (unpaired) electrons. The van der Waals surface area contributed by atoms with Gasteiger partial charge in [-0.2, -0.15) is 0 Å². The fraction of sp³-hybridized carbons (Fsp3) is 0.462. The molecule has 0 saturated heterocycles. The van der Waals surface area contributed by atoms with Crippen molar-refractivity contribution in [3.63, 3.8) is 0 Å². The second-order valence-electron chi connectivity index (χ2n) is 4.45. The Balaban J connectivity index is 2.47. The van der Waals surface area contributed by atoms with E-state index in [1.165, 1.54) is 0 Å². The minimum absolute atomic E-state index is 0.0236. The zero-order valence-electron chi connectivity index (χ0n) is 11.4. The molecule has 5 nitrogen and oxygen atoms in total. The second-order valence-corrected chi connectivity index (χ2v) is 6.25. The molecular formula is C13H19N3O2S. The van der Waals surface area contributed by atoms with Crippen molar-refractivity contribution >= 4 is 27.8 Å². The molecule has 2 atom stereocenters. The van der Waals surface area contributed by atoms with Gasteiger partial charge in [-0.15, -0.1) is 0 Å². The van der Waals surface area contributed by atoms with Gasteiger partial charge in [0.25, 0.3) is 0 Å². The largest absolute Gasteiger partial charge is 0.492 e. The maximum atomic E-state index is 11.5. The highest BCUT2D eigenvalue weighted by Crippen LogP contribution is 2.27. The van der Waals surface area contributed by atoms with Crippen molar-refractivity contribution in [2.24, 2.45) is 0 Å². The molecule has 19 heavy (non-hydrogen) atoms. The topological polar surface area (TPSA) is 70.1 Å². The van der Waals surface area contributed by atoms with E-state index in [0.29, 0.717) is 19.1 Å². The highest BCUT2D eigenvalue weighted by Gasteiger charge is 2.15. The van der Waals surface area contributed by atoms with Gasteiger partial charge in [-0.25, -0.2) is 4.98 Å². The molecule has 0 bridgehead atoms. The number of rotatable bonds is 5. The Hall–Kier alpha value is -1.56. The summed E-state index contributed by atoms with van der Waals surface area (Å²) in [5.74, 6) is 1.16. The van der Waals surface area contributed by atoms with Crippen LogP contribution in [0.15, 0.2) is 18.2 Å². The maximum Gasteiger partial charge on any atom is 0.201 e. The molecule has 2 rings (SSSR count). The van der Waals surface area contributed by atoms with E-state index in [2.05, 4.69) is 4.98 Å². The van der Waals surface area contributed by atoms with E-state index in [0.717, 1.165) is 16.8 Å². The van der Waals surface area contributed by atoms with Crippen molar-refractivity contribution in [1.29, 1.82) is 0 Å². The van der Waals surface area contributed by atoms with Gasteiger partial charge in [-0.05, 0) is 26.0 Å². The first kappa shape index (κ1) is 13.9. The Kier molecular flexibility index (Phi) is 4.09. The van der Waals surface area contributed by atoms with Gasteiger partial charge in [0.15, 0.2) is 0 Å². The lowest BCUT2D eigenvalue weighted by molar-refractivity contribution is 0.343. The van der Waals surface area contributed by atoms with Crippen LogP contribution in [-0.4, -0.2) is 31.9 Å². The molecule has 0 spiro atoms. The Morgan fingerprint density at radius 1 is 1.53 bits per heavy atom. The van der Waals surface area contributed by atoms with Crippen LogP contribution in [0.25, 0.3) is 11.0 Å².